The van der Waals surface area contributed by atoms with Gasteiger partial charge in [0.1, 0.15) is 12.6 Å². The van der Waals surface area contributed by atoms with Gasteiger partial charge in [0.25, 0.3) is 0 Å². The molecule has 0 aliphatic heterocycles. The van der Waals surface area contributed by atoms with Crippen LogP contribution in [-0.4, -0.2) is 64.6 Å². The van der Waals surface area contributed by atoms with E-state index in [4.69, 9.17) is 10.5 Å². The van der Waals surface area contributed by atoms with E-state index in [1.807, 2.05) is 95.4 Å². The Morgan fingerprint density at radius 3 is 2.33 bits per heavy atom. The standard InChI is InChI=1S/C38H55N5O6/c1-6-13-29(36(46)30(39)19-27-22-40-31-17-12-11-16-28(27)31)35(43-38(48)49-23-26-14-9-8-10-15-26)37(47)42-32(18-24(3)4)33(44)20-34(45)41-21-25(5)7-2/h8-12,14-17,22,24-25,29-30,32-33,35,40,44H,6-7,13,18-21,23,39H2,1-5H3,(H,41,45)(H,42,47)(H,43,48)/t25?,29?,30-,32-,33-,35-/m0/s1. The fourth-order valence-electron chi connectivity index (χ4n) is 5.87. The Bertz CT molecular complexity index is 1490. The van der Waals surface area contributed by atoms with Crippen LogP contribution in [0, 0.1) is 17.8 Å². The summed E-state index contributed by atoms with van der Waals surface area (Å²) in [7, 11) is 0. The molecule has 11 heteroatoms. The predicted octanol–water partition coefficient (Wildman–Crippen LogP) is 4.76. The largest absolute Gasteiger partial charge is 0.445 e. The molecule has 6 atom stereocenters. The zero-order valence-electron chi connectivity index (χ0n) is 29.5. The summed E-state index contributed by atoms with van der Waals surface area (Å²) in [6.07, 6.45) is 1.86. The van der Waals surface area contributed by atoms with Crippen molar-refractivity contribution < 1.29 is 29.0 Å². The van der Waals surface area contributed by atoms with Crippen molar-refractivity contribution in [3.8, 4) is 0 Å². The smallest absolute Gasteiger partial charge is 0.408 e. The van der Waals surface area contributed by atoms with Crippen molar-refractivity contribution in [2.24, 2.45) is 23.5 Å². The number of Topliss-reactive ketones (excluding diaryl/α,β-unsaturated/α-hetero) is 1. The van der Waals surface area contributed by atoms with E-state index in [1.54, 1.807) is 0 Å². The summed E-state index contributed by atoms with van der Waals surface area (Å²) in [6.45, 7) is 10.3. The monoisotopic (exact) mass is 677 g/mol. The third-order valence-corrected chi connectivity index (χ3v) is 8.87. The number of H-pyrrole nitrogens is 1. The van der Waals surface area contributed by atoms with Gasteiger partial charge < -0.3 is 36.5 Å². The second-order valence-corrected chi connectivity index (χ2v) is 13.5. The number of hydrogen-bond acceptors (Lipinski definition) is 7. The van der Waals surface area contributed by atoms with Gasteiger partial charge in [-0.2, -0.15) is 0 Å². The Kier molecular flexibility index (Phi) is 15.8. The highest BCUT2D eigenvalue weighted by atomic mass is 16.5. The van der Waals surface area contributed by atoms with Crippen molar-refractivity contribution in [2.75, 3.05) is 6.54 Å². The molecule has 0 saturated heterocycles. The lowest BCUT2D eigenvalue weighted by molar-refractivity contribution is -0.133. The molecular formula is C38H55N5O6. The topological polar surface area (TPSA) is 176 Å². The van der Waals surface area contributed by atoms with Gasteiger partial charge >= 0.3 is 6.09 Å². The Morgan fingerprint density at radius 2 is 1.65 bits per heavy atom. The number of ether oxygens (including phenoxy) is 1. The number of carbonyl (C=O) groups is 4. The number of nitrogens with one attached hydrogen (secondary N) is 4. The highest BCUT2D eigenvalue weighted by Crippen LogP contribution is 2.23. The quantitative estimate of drug-likeness (QED) is 0.0999. The van der Waals surface area contributed by atoms with Gasteiger partial charge in [-0.05, 0) is 48.3 Å². The third kappa shape index (κ3) is 12.3. The van der Waals surface area contributed by atoms with Gasteiger partial charge in [0.2, 0.25) is 11.8 Å². The van der Waals surface area contributed by atoms with E-state index in [1.165, 1.54) is 0 Å². The summed E-state index contributed by atoms with van der Waals surface area (Å²) in [5.41, 5.74) is 9.09. The second-order valence-electron chi connectivity index (χ2n) is 13.5. The number of benzene rings is 2. The number of para-hydroxylation sites is 1. The van der Waals surface area contributed by atoms with E-state index in [-0.39, 0.29) is 49.4 Å². The van der Waals surface area contributed by atoms with Crippen molar-refractivity contribution in [3.05, 3.63) is 71.9 Å². The van der Waals surface area contributed by atoms with Crippen LogP contribution in [0.5, 0.6) is 0 Å². The predicted molar refractivity (Wildman–Crippen MR) is 191 cm³/mol. The molecule has 0 aliphatic rings. The number of nitrogens with two attached hydrogens (primary N) is 1. The van der Waals surface area contributed by atoms with Crippen molar-refractivity contribution in [3.63, 3.8) is 0 Å². The average Bonchev–Trinajstić information content (AvgIpc) is 3.49. The van der Waals surface area contributed by atoms with Crippen molar-refractivity contribution in [1.82, 2.24) is 20.9 Å². The molecule has 3 aromatic rings. The summed E-state index contributed by atoms with van der Waals surface area (Å²) in [6, 6.07) is 13.7. The van der Waals surface area contributed by atoms with Gasteiger partial charge in [-0.15, -0.1) is 0 Å². The molecule has 11 nitrogen and oxygen atoms in total. The first-order chi connectivity index (χ1) is 23.4. The van der Waals surface area contributed by atoms with Gasteiger partial charge in [0, 0.05) is 29.6 Å². The zero-order valence-corrected chi connectivity index (χ0v) is 29.5. The van der Waals surface area contributed by atoms with Gasteiger partial charge in [-0.1, -0.05) is 96.0 Å². The van der Waals surface area contributed by atoms with E-state index >= 15 is 0 Å². The minimum Gasteiger partial charge on any atom is -0.445 e. The molecule has 49 heavy (non-hydrogen) atoms. The lowest BCUT2D eigenvalue weighted by Crippen LogP contribution is -2.58. The van der Waals surface area contributed by atoms with Crippen LogP contribution in [-0.2, 0) is 32.1 Å². The maximum absolute atomic E-state index is 14.1. The summed E-state index contributed by atoms with van der Waals surface area (Å²) < 4.78 is 5.46. The number of aliphatic hydroxyl groups is 1. The molecule has 0 bridgehead atoms. The van der Waals surface area contributed by atoms with Gasteiger partial charge in [0.15, 0.2) is 5.78 Å². The minimum atomic E-state index is -1.34. The maximum atomic E-state index is 14.1. The van der Waals surface area contributed by atoms with Crippen LogP contribution in [0.4, 0.5) is 4.79 Å². The van der Waals surface area contributed by atoms with Gasteiger partial charge in [-0.3, -0.25) is 14.4 Å². The number of aromatic amines is 1. The molecule has 0 aliphatic carbocycles. The molecule has 2 unspecified atom stereocenters. The molecule has 1 aromatic heterocycles. The average molecular weight is 678 g/mol. The number of ketones is 1. The Labute approximate surface area is 290 Å². The Hall–Kier alpha value is -4.22. The molecule has 0 spiro atoms. The number of hydrogen-bond donors (Lipinski definition) is 6. The third-order valence-electron chi connectivity index (χ3n) is 8.87. The SMILES string of the molecule is CCCC(C(=O)[C@@H](N)Cc1c[nH]c2ccccc12)[C@H](NC(=O)OCc1ccccc1)C(=O)N[C@@H](CC(C)C)[C@@H](O)CC(=O)NCC(C)CC. The number of alkyl carbamates (subject to hydrolysis) is 1. The molecule has 3 rings (SSSR count). The van der Waals surface area contributed by atoms with E-state index in [0.717, 1.165) is 28.5 Å². The first-order valence-electron chi connectivity index (χ1n) is 17.5. The maximum Gasteiger partial charge on any atom is 0.408 e. The lowest BCUT2D eigenvalue weighted by Gasteiger charge is -2.31. The number of amides is 3. The zero-order chi connectivity index (χ0) is 35.9. The van der Waals surface area contributed by atoms with E-state index in [9.17, 15) is 24.3 Å². The molecule has 3 amide bonds. The van der Waals surface area contributed by atoms with Crippen LogP contribution in [0.2, 0.25) is 0 Å². The summed E-state index contributed by atoms with van der Waals surface area (Å²) in [5, 5.41) is 20.5. The van der Waals surface area contributed by atoms with Crippen LogP contribution in [0.1, 0.15) is 77.8 Å². The lowest BCUT2D eigenvalue weighted by atomic mass is 9.84. The fourth-order valence-corrected chi connectivity index (χ4v) is 5.87. The molecule has 1 heterocycles. The molecule has 0 fully saturated rings. The van der Waals surface area contributed by atoms with Crippen molar-refractivity contribution in [2.45, 2.75) is 104 Å². The molecular weight excluding hydrogens is 622 g/mol. The van der Waals surface area contributed by atoms with E-state index < -0.39 is 42.1 Å². The van der Waals surface area contributed by atoms with Crippen molar-refractivity contribution >= 4 is 34.6 Å². The summed E-state index contributed by atoms with van der Waals surface area (Å²) in [4.78, 5) is 57.3. The van der Waals surface area contributed by atoms with Crippen LogP contribution >= 0.6 is 0 Å². The molecule has 0 saturated carbocycles. The number of rotatable bonds is 20. The summed E-state index contributed by atoms with van der Waals surface area (Å²) >= 11 is 0. The van der Waals surface area contributed by atoms with E-state index in [0.29, 0.717) is 19.4 Å². The van der Waals surface area contributed by atoms with E-state index in [2.05, 4.69) is 20.9 Å². The fraction of sp³-hybridized carbons (Fsp3) is 0.526. The first-order valence-corrected chi connectivity index (χ1v) is 17.5. The van der Waals surface area contributed by atoms with Crippen LogP contribution in [0.3, 0.4) is 0 Å². The summed E-state index contributed by atoms with van der Waals surface area (Å²) in [5.74, 6) is -1.99. The minimum absolute atomic E-state index is 0.0338. The van der Waals surface area contributed by atoms with Crippen LogP contribution in [0.15, 0.2) is 60.8 Å². The molecule has 2 aromatic carbocycles. The highest BCUT2D eigenvalue weighted by Gasteiger charge is 2.39. The Balaban J connectivity index is 1.85. The first kappa shape index (κ1) is 39.2. The van der Waals surface area contributed by atoms with Gasteiger partial charge in [-0.25, -0.2) is 4.79 Å². The number of fused-ring (bicyclic) bond motifs is 1. The van der Waals surface area contributed by atoms with Crippen LogP contribution < -0.4 is 21.7 Å². The molecule has 268 valence electrons. The number of aromatic nitrogens is 1. The van der Waals surface area contributed by atoms with Crippen LogP contribution in [0.25, 0.3) is 10.9 Å². The molecule has 7 N–H and O–H groups in total. The number of aliphatic hydroxyl groups excluding tert-OH is 1. The normalized spacial score (nSPS) is 15.1. The highest BCUT2D eigenvalue weighted by molar-refractivity contribution is 5.96. The van der Waals surface area contributed by atoms with Crippen molar-refractivity contribution in [1.29, 1.82) is 0 Å². The Morgan fingerprint density at radius 1 is 0.959 bits per heavy atom. The van der Waals surface area contributed by atoms with Gasteiger partial charge in [0.05, 0.1) is 24.6 Å². The molecule has 0 radical (unpaired) electrons. The second kappa shape index (κ2) is 19.7. The number of carbonyl (C=O) groups excluding carboxylic acids is 4.